The molecule has 0 spiro atoms. The van der Waals surface area contributed by atoms with Gasteiger partial charge < -0.3 is 24.7 Å². The van der Waals surface area contributed by atoms with Crippen molar-refractivity contribution in [3.05, 3.63) is 71.5 Å². The highest BCUT2D eigenvalue weighted by molar-refractivity contribution is 5.80. The predicted molar refractivity (Wildman–Crippen MR) is 125 cm³/mol. The van der Waals surface area contributed by atoms with E-state index in [-0.39, 0.29) is 12.2 Å². The van der Waals surface area contributed by atoms with Crippen molar-refractivity contribution in [2.75, 3.05) is 5.73 Å². The molecule has 3 aliphatic rings. The number of benzene rings is 2. The van der Waals surface area contributed by atoms with Crippen molar-refractivity contribution in [2.24, 2.45) is 5.92 Å². The highest BCUT2D eigenvalue weighted by Crippen LogP contribution is 2.55. The summed E-state index contributed by atoms with van der Waals surface area (Å²) in [5, 5.41) is 0.639. The Morgan fingerprint density at radius 3 is 2.66 bits per heavy atom. The Hall–Kier alpha value is -2.65. The summed E-state index contributed by atoms with van der Waals surface area (Å²) in [6, 6.07) is 16.6. The van der Waals surface area contributed by atoms with Gasteiger partial charge in [-0.25, -0.2) is 13.8 Å². The van der Waals surface area contributed by atoms with Crippen LogP contribution in [0.4, 0.5) is 14.6 Å². The van der Waals surface area contributed by atoms with Gasteiger partial charge in [0.25, 0.3) is 0 Å². The molecule has 3 fully saturated rings. The zero-order chi connectivity index (χ0) is 24.4. The summed E-state index contributed by atoms with van der Waals surface area (Å²) in [7, 11) is 0. The highest BCUT2D eigenvalue weighted by atomic mass is 19.1. The SMILES string of the molecule is CC1(C)O[C@H]2OC3[C@H](Cc4ccc5cc(F)c(N)nc5c4)[C@@H](F)C[C@]3(OCc3ccccc3)[C@H]2O1. The molecule has 0 bridgehead atoms. The van der Waals surface area contributed by atoms with E-state index in [1.165, 1.54) is 6.07 Å². The predicted octanol–water partition coefficient (Wildman–Crippen LogP) is 4.69. The lowest BCUT2D eigenvalue weighted by molar-refractivity contribution is -0.237. The van der Waals surface area contributed by atoms with Crippen molar-refractivity contribution < 1.29 is 27.7 Å². The fraction of sp³-hybridized carbons (Fsp3) is 0.444. The molecular weight excluding hydrogens is 454 g/mol. The molecule has 35 heavy (non-hydrogen) atoms. The Kier molecular flexibility index (Phi) is 5.34. The minimum absolute atomic E-state index is 0.153. The van der Waals surface area contributed by atoms with Crippen molar-refractivity contribution >= 4 is 16.7 Å². The van der Waals surface area contributed by atoms with Gasteiger partial charge in [0, 0.05) is 17.7 Å². The van der Waals surface area contributed by atoms with Crippen molar-refractivity contribution in [3.63, 3.8) is 0 Å². The first-order valence-electron chi connectivity index (χ1n) is 11.9. The first kappa shape index (κ1) is 22.8. The molecule has 6 nitrogen and oxygen atoms in total. The van der Waals surface area contributed by atoms with Crippen LogP contribution in [0, 0.1) is 11.7 Å². The number of nitrogens with two attached hydrogens (primary N) is 1. The maximum atomic E-state index is 15.7. The number of pyridine rings is 1. The Labute approximate surface area is 202 Å². The van der Waals surface area contributed by atoms with Gasteiger partial charge in [-0.15, -0.1) is 0 Å². The highest BCUT2D eigenvalue weighted by Gasteiger charge is 2.70. The molecule has 184 valence electrons. The monoisotopic (exact) mass is 482 g/mol. The average Bonchev–Trinajstić information content (AvgIpc) is 3.37. The Morgan fingerprint density at radius 1 is 1.06 bits per heavy atom. The van der Waals surface area contributed by atoms with Gasteiger partial charge in [0.1, 0.15) is 17.9 Å². The van der Waals surface area contributed by atoms with E-state index in [1.54, 1.807) is 6.07 Å². The zero-order valence-corrected chi connectivity index (χ0v) is 19.6. The maximum Gasteiger partial charge on any atom is 0.190 e. The lowest BCUT2D eigenvalue weighted by Crippen LogP contribution is -2.49. The molecule has 2 aromatic carbocycles. The van der Waals surface area contributed by atoms with Gasteiger partial charge in [0.05, 0.1) is 18.2 Å². The summed E-state index contributed by atoms with van der Waals surface area (Å²) in [6.07, 6.45) is -2.31. The van der Waals surface area contributed by atoms with E-state index < -0.39 is 47.8 Å². The number of fused-ring (bicyclic) bond motifs is 4. The Bertz CT molecular complexity index is 1260. The van der Waals surface area contributed by atoms with Gasteiger partial charge >= 0.3 is 0 Å². The lowest BCUT2D eigenvalue weighted by atomic mass is 9.89. The van der Waals surface area contributed by atoms with Crippen LogP contribution in [0.2, 0.25) is 0 Å². The van der Waals surface area contributed by atoms with E-state index in [9.17, 15) is 4.39 Å². The van der Waals surface area contributed by atoms with E-state index >= 15 is 4.39 Å². The van der Waals surface area contributed by atoms with E-state index in [0.29, 0.717) is 23.9 Å². The van der Waals surface area contributed by atoms with Gasteiger partial charge in [-0.3, -0.25) is 0 Å². The summed E-state index contributed by atoms with van der Waals surface area (Å²) in [5.41, 5.74) is 7.11. The molecule has 6 atom stereocenters. The number of hydrogen-bond donors (Lipinski definition) is 1. The zero-order valence-electron chi connectivity index (χ0n) is 19.6. The van der Waals surface area contributed by atoms with Crippen LogP contribution < -0.4 is 5.73 Å². The minimum atomic E-state index is -1.16. The first-order valence-corrected chi connectivity index (χ1v) is 11.9. The molecule has 2 N–H and O–H groups in total. The van der Waals surface area contributed by atoms with Gasteiger partial charge in [0.2, 0.25) is 0 Å². The third kappa shape index (κ3) is 3.89. The Balaban J connectivity index is 1.30. The molecule has 1 aromatic heterocycles. The van der Waals surface area contributed by atoms with Crippen LogP contribution in [0.5, 0.6) is 0 Å². The molecule has 0 amide bonds. The summed E-state index contributed by atoms with van der Waals surface area (Å²) in [6.45, 7) is 3.97. The fourth-order valence-corrected chi connectivity index (χ4v) is 5.77. The number of hydrogen-bond acceptors (Lipinski definition) is 6. The molecule has 8 heteroatoms. The molecule has 6 rings (SSSR count). The summed E-state index contributed by atoms with van der Waals surface area (Å²) in [4.78, 5) is 4.15. The van der Waals surface area contributed by atoms with Crippen molar-refractivity contribution in [2.45, 2.75) is 69.4 Å². The van der Waals surface area contributed by atoms with E-state index in [2.05, 4.69) is 4.98 Å². The molecule has 1 saturated carbocycles. The van der Waals surface area contributed by atoms with Crippen LogP contribution >= 0.6 is 0 Å². The van der Waals surface area contributed by atoms with E-state index in [0.717, 1.165) is 11.1 Å². The summed E-state index contributed by atoms with van der Waals surface area (Å²) >= 11 is 0. The van der Waals surface area contributed by atoms with Crippen LogP contribution in [0.3, 0.4) is 0 Å². The van der Waals surface area contributed by atoms with Crippen LogP contribution in [0.25, 0.3) is 10.9 Å². The number of ether oxygens (including phenoxy) is 4. The molecule has 1 aliphatic carbocycles. The number of nitrogens with zero attached hydrogens (tertiary/aromatic N) is 1. The number of halogens is 2. The molecule has 2 aliphatic heterocycles. The fourth-order valence-electron chi connectivity index (χ4n) is 5.77. The number of alkyl halides is 1. The van der Waals surface area contributed by atoms with E-state index in [4.69, 9.17) is 24.7 Å². The van der Waals surface area contributed by atoms with Crippen LogP contribution in [-0.4, -0.2) is 41.0 Å². The van der Waals surface area contributed by atoms with Crippen LogP contribution in [-0.2, 0) is 32.0 Å². The standard InChI is InChI=1S/C27H28F2N2O4/c1-26(2)34-23-25(35-26)33-22-18(10-16-8-9-17-12-19(28)24(30)31-21(17)11-16)20(29)13-27(22,23)32-14-15-6-4-3-5-7-15/h3-9,11-12,18,20,22-23,25H,10,13-14H2,1-2H3,(H2,30,31)/t18-,20+,22?,23+,25-,27-/m1/s1. The molecular formula is C27H28F2N2O4. The van der Waals surface area contributed by atoms with Crippen molar-refractivity contribution in [1.82, 2.24) is 4.98 Å². The quantitative estimate of drug-likeness (QED) is 0.569. The largest absolute Gasteiger partial charge is 0.381 e. The third-order valence-electron chi connectivity index (χ3n) is 7.35. The molecule has 3 heterocycles. The van der Waals surface area contributed by atoms with Gasteiger partial charge in [0.15, 0.2) is 23.7 Å². The number of aromatic nitrogens is 1. The van der Waals surface area contributed by atoms with Crippen molar-refractivity contribution in [3.8, 4) is 0 Å². The summed E-state index contributed by atoms with van der Waals surface area (Å²) < 4.78 is 54.5. The lowest BCUT2D eigenvalue weighted by Gasteiger charge is -2.34. The second-order valence-corrected chi connectivity index (χ2v) is 10.2. The summed E-state index contributed by atoms with van der Waals surface area (Å²) in [5.74, 6) is -2.02. The maximum absolute atomic E-state index is 15.7. The van der Waals surface area contributed by atoms with E-state index in [1.807, 2.05) is 56.3 Å². The van der Waals surface area contributed by atoms with Gasteiger partial charge in [-0.1, -0.05) is 42.5 Å². The molecule has 0 radical (unpaired) electrons. The Morgan fingerprint density at radius 2 is 1.86 bits per heavy atom. The number of rotatable bonds is 5. The molecule has 3 aromatic rings. The smallest absolute Gasteiger partial charge is 0.190 e. The van der Waals surface area contributed by atoms with Crippen molar-refractivity contribution in [1.29, 1.82) is 0 Å². The number of anilines is 1. The van der Waals surface area contributed by atoms with Gasteiger partial charge in [-0.2, -0.15) is 0 Å². The van der Waals surface area contributed by atoms with Crippen LogP contribution in [0.15, 0.2) is 54.6 Å². The average molecular weight is 483 g/mol. The van der Waals surface area contributed by atoms with Crippen LogP contribution in [0.1, 0.15) is 31.4 Å². The normalized spacial score (nSPS) is 33.2. The molecule has 2 saturated heterocycles. The topological polar surface area (TPSA) is 75.8 Å². The molecule has 1 unspecified atom stereocenters. The first-order chi connectivity index (χ1) is 16.7. The number of nitrogen functional groups attached to an aromatic ring is 1. The third-order valence-corrected chi connectivity index (χ3v) is 7.35. The van der Waals surface area contributed by atoms with Gasteiger partial charge in [-0.05, 0) is 43.5 Å². The second-order valence-electron chi connectivity index (χ2n) is 10.2. The minimum Gasteiger partial charge on any atom is -0.381 e. The second kappa shape index (κ2) is 8.20.